The van der Waals surface area contributed by atoms with Crippen LogP contribution in [0.15, 0.2) is 18.6 Å². The Morgan fingerprint density at radius 2 is 2.39 bits per heavy atom. The normalized spacial score (nSPS) is 12.4. The molecule has 18 heavy (non-hydrogen) atoms. The van der Waals surface area contributed by atoms with Gasteiger partial charge in [-0.1, -0.05) is 0 Å². The van der Waals surface area contributed by atoms with Gasteiger partial charge in [0.25, 0.3) is 0 Å². The summed E-state index contributed by atoms with van der Waals surface area (Å²) in [6.45, 7) is 2.31. The van der Waals surface area contributed by atoms with E-state index < -0.39 is 6.04 Å². The van der Waals surface area contributed by atoms with Gasteiger partial charge in [-0.05, 0) is 6.92 Å². The van der Waals surface area contributed by atoms with Crippen LogP contribution in [0.3, 0.4) is 0 Å². The Morgan fingerprint density at radius 3 is 2.94 bits per heavy atom. The summed E-state index contributed by atoms with van der Waals surface area (Å²) in [5, 5.41) is 13.5. The minimum Gasteiger partial charge on any atom is -0.350 e. The Morgan fingerprint density at radius 1 is 1.61 bits per heavy atom. The van der Waals surface area contributed by atoms with Gasteiger partial charge in [-0.15, -0.1) is 0 Å². The molecule has 7 nitrogen and oxygen atoms in total. The van der Waals surface area contributed by atoms with Crippen LogP contribution in [0, 0.1) is 6.92 Å². The number of hydrogen-bond acceptors (Lipinski definition) is 4. The van der Waals surface area contributed by atoms with E-state index >= 15 is 0 Å². The van der Waals surface area contributed by atoms with E-state index in [0.29, 0.717) is 12.1 Å². The Kier molecular flexibility index (Phi) is 3.42. The molecule has 1 atom stereocenters. The van der Waals surface area contributed by atoms with Crippen LogP contribution in [0.4, 0.5) is 0 Å². The van der Waals surface area contributed by atoms with Crippen LogP contribution in [-0.4, -0.2) is 25.9 Å². The molecule has 0 bridgehead atoms. The van der Waals surface area contributed by atoms with Crippen molar-refractivity contribution in [3.63, 3.8) is 0 Å². The zero-order chi connectivity index (χ0) is 13.1. The Balaban J connectivity index is 1.94. The van der Waals surface area contributed by atoms with Crippen LogP contribution in [0.1, 0.15) is 22.9 Å². The van der Waals surface area contributed by atoms with Crippen molar-refractivity contribution in [3.05, 3.63) is 35.4 Å². The number of nitrogens with one attached hydrogen (secondary N) is 2. The third kappa shape index (κ3) is 2.57. The second-order valence-electron chi connectivity index (χ2n) is 4.16. The van der Waals surface area contributed by atoms with E-state index in [0.717, 1.165) is 11.3 Å². The molecular formula is C11H16N6O. The van der Waals surface area contributed by atoms with Crippen LogP contribution in [0.25, 0.3) is 0 Å². The number of H-pyrrole nitrogens is 1. The number of aryl methyl sites for hydroxylation is 2. The third-order valence-corrected chi connectivity index (χ3v) is 2.75. The number of aromatic nitrogens is 4. The quantitative estimate of drug-likeness (QED) is 0.695. The second-order valence-corrected chi connectivity index (χ2v) is 4.16. The van der Waals surface area contributed by atoms with Crippen molar-refractivity contribution in [1.82, 2.24) is 25.3 Å². The summed E-state index contributed by atoms with van der Waals surface area (Å²) < 4.78 is 1.61. The maximum absolute atomic E-state index is 11.9. The highest BCUT2D eigenvalue weighted by molar-refractivity contribution is 5.82. The third-order valence-electron chi connectivity index (χ3n) is 2.75. The Labute approximate surface area is 104 Å². The summed E-state index contributed by atoms with van der Waals surface area (Å²) in [6.07, 6.45) is 5.01. The van der Waals surface area contributed by atoms with E-state index in [1.807, 2.05) is 6.92 Å². The molecule has 2 aromatic heterocycles. The molecule has 0 saturated heterocycles. The molecule has 0 aromatic carbocycles. The molecule has 2 heterocycles. The maximum atomic E-state index is 11.9. The Hall–Kier alpha value is -2.15. The zero-order valence-electron chi connectivity index (χ0n) is 10.3. The molecule has 0 spiro atoms. The number of nitrogens with zero attached hydrogens (tertiary/aromatic N) is 3. The van der Waals surface area contributed by atoms with Gasteiger partial charge in [0.05, 0.1) is 12.4 Å². The van der Waals surface area contributed by atoms with Crippen molar-refractivity contribution in [2.45, 2.75) is 19.5 Å². The van der Waals surface area contributed by atoms with Crippen molar-refractivity contribution >= 4 is 5.91 Å². The van der Waals surface area contributed by atoms with Crippen LogP contribution in [-0.2, 0) is 18.4 Å². The highest BCUT2D eigenvalue weighted by Crippen LogP contribution is 2.09. The molecular weight excluding hydrogens is 232 g/mol. The predicted octanol–water partition coefficient (Wildman–Crippen LogP) is -0.232. The van der Waals surface area contributed by atoms with E-state index in [1.165, 1.54) is 0 Å². The van der Waals surface area contributed by atoms with Gasteiger partial charge in [-0.2, -0.15) is 10.2 Å². The molecule has 1 amide bonds. The molecule has 0 aliphatic rings. The maximum Gasteiger partial charge on any atom is 0.241 e. The summed E-state index contributed by atoms with van der Waals surface area (Å²) in [5.74, 6) is -0.233. The highest BCUT2D eigenvalue weighted by atomic mass is 16.2. The Bertz CT molecular complexity index is 543. The van der Waals surface area contributed by atoms with Gasteiger partial charge < -0.3 is 11.1 Å². The molecule has 96 valence electrons. The number of carbonyl (C=O) groups is 1. The number of hydrogen-bond donors (Lipinski definition) is 3. The minimum absolute atomic E-state index is 0.233. The molecule has 1 unspecified atom stereocenters. The molecule has 2 aromatic rings. The lowest BCUT2D eigenvalue weighted by molar-refractivity contribution is -0.122. The first-order valence-corrected chi connectivity index (χ1v) is 5.58. The first-order chi connectivity index (χ1) is 8.58. The SMILES string of the molecule is Cc1[nH]ncc1CNC(=O)C(N)c1cnn(C)c1. The van der Waals surface area contributed by atoms with Gasteiger partial charge in [0.2, 0.25) is 5.91 Å². The lowest BCUT2D eigenvalue weighted by atomic mass is 10.1. The second kappa shape index (κ2) is 5.01. The summed E-state index contributed by atoms with van der Waals surface area (Å²) in [6, 6.07) is -0.703. The number of aromatic amines is 1. The van der Waals surface area contributed by atoms with Crippen molar-refractivity contribution in [1.29, 1.82) is 0 Å². The lowest BCUT2D eigenvalue weighted by Crippen LogP contribution is -2.33. The summed E-state index contributed by atoms with van der Waals surface area (Å²) in [7, 11) is 1.78. The van der Waals surface area contributed by atoms with Gasteiger partial charge >= 0.3 is 0 Å². The summed E-state index contributed by atoms with van der Waals surface area (Å²) in [4.78, 5) is 11.9. The van der Waals surface area contributed by atoms with Crippen LogP contribution in [0.5, 0.6) is 0 Å². The van der Waals surface area contributed by atoms with Gasteiger partial charge in [0.15, 0.2) is 0 Å². The number of rotatable bonds is 4. The van der Waals surface area contributed by atoms with Crippen molar-refractivity contribution < 1.29 is 4.79 Å². The molecule has 7 heteroatoms. The van der Waals surface area contributed by atoms with Gasteiger partial charge in [0, 0.05) is 36.6 Å². The molecule has 2 rings (SSSR count). The van der Waals surface area contributed by atoms with E-state index in [-0.39, 0.29) is 5.91 Å². The minimum atomic E-state index is -0.703. The molecule has 0 fully saturated rings. The van der Waals surface area contributed by atoms with Gasteiger partial charge in [0.1, 0.15) is 6.04 Å². The van der Waals surface area contributed by atoms with E-state index in [1.54, 1.807) is 30.3 Å². The first-order valence-electron chi connectivity index (χ1n) is 5.58. The van der Waals surface area contributed by atoms with E-state index in [4.69, 9.17) is 5.73 Å². The molecule has 0 aliphatic carbocycles. The van der Waals surface area contributed by atoms with Crippen molar-refractivity contribution in [2.75, 3.05) is 0 Å². The number of amides is 1. The van der Waals surface area contributed by atoms with Gasteiger partial charge in [-0.25, -0.2) is 0 Å². The van der Waals surface area contributed by atoms with E-state index in [2.05, 4.69) is 20.6 Å². The predicted molar refractivity (Wildman–Crippen MR) is 65.3 cm³/mol. The van der Waals surface area contributed by atoms with Gasteiger partial charge in [-0.3, -0.25) is 14.6 Å². The fourth-order valence-electron chi connectivity index (χ4n) is 1.60. The average molecular weight is 248 g/mol. The molecule has 4 N–H and O–H groups in total. The fraction of sp³-hybridized carbons (Fsp3) is 0.364. The largest absolute Gasteiger partial charge is 0.350 e. The summed E-state index contributed by atoms with van der Waals surface area (Å²) in [5.41, 5.74) is 8.42. The molecule has 0 saturated carbocycles. The zero-order valence-corrected chi connectivity index (χ0v) is 10.3. The van der Waals surface area contributed by atoms with Crippen LogP contribution < -0.4 is 11.1 Å². The number of nitrogens with two attached hydrogens (primary N) is 1. The summed E-state index contributed by atoms with van der Waals surface area (Å²) >= 11 is 0. The first kappa shape index (κ1) is 12.3. The topological polar surface area (TPSA) is 102 Å². The monoisotopic (exact) mass is 248 g/mol. The molecule has 0 aliphatic heterocycles. The standard InChI is InChI=1S/C11H16N6O/c1-7-8(4-14-16-7)3-13-11(18)10(12)9-5-15-17(2)6-9/h4-6,10H,3,12H2,1-2H3,(H,13,18)(H,14,16). The van der Waals surface area contributed by atoms with Crippen LogP contribution >= 0.6 is 0 Å². The van der Waals surface area contributed by atoms with E-state index in [9.17, 15) is 4.79 Å². The fourth-order valence-corrected chi connectivity index (χ4v) is 1.60. The van der Waals surface area contributed by atoms with Crippen molar-refractivity contribution in [2.24, 2.45) is 12.8 Å². The van der Waals surface area contributed by atoms with Crippen molar-refractivity contribution in [3.8, 4) is 0 Å². The average Bonchev–Trinajstić information content (AvgIpc) is 2.94. The lowest BCUT2D eigenvalue weighted by Gasteiger charge is -2.10. The highest BCUT2D eigenvalue weighted by Gasteiger charge is 2.17. The smallest absolute Gasteiger partial charge is 0.241 e. The van der Waals surface area contributed by atoms with Crippen LogP contribution in [0.2, 0.25) is 0 Å². The molecule has 0 radical (unpaired) electrons. The number of carbonyl (C=O) groups excluding carboxylic acids is 1.